The van der Waals surface area contributed by atoms with E-state index >= 15 is 0 Å². The van der Waals surface area contributed by atoms with Crippen LogP contribution in [0, 0.1) is 0 Å². The highest BCUT2D eigenvalue weighted by atomic mass is 31.2. The molecule has 3 N–H and O–H groups in total. The van der Waals surface area contributed by atoms with Crippen LogP contribution < -0.4 is 5.32 Å². The number of aliphatic hydroxyl groups excluding tert-OH is 1. The topological polar surface area (TPSA) is 105 Å². The molecule has 0 aromatic rings. The number of hydrogen-bond acceptors (Lipinski definition) is 5. The summed E-state index contributed by atoms with van der Waals surface area (Å²) in [6.45, 7) is 4.54. The second-order valence-electron chi connectivity index (χ2n) is 16.8. The second-order valence-corrected chi connectivity index (χ2v) is 18.2. The highest BCUT2D eigenvalue weighted by Crippen LogP contribution is 2.43. The summed E-state index contributed by atoms with van der Waals surface area (Å²) >= 11 is 0. The lowest BCUT2D eigenvalue weighted by Gasteiger charge is -2.25. The first-order valence-corrected chi connectivity index (χ1v) is 25.4. The first kappa shape index (κ1) is 58.9. The van der Waals surface area contributed by atoms with Crippen LogP contribution >= 0.6 is 7.82 Å². The number of nitrogens with zero attached hydrogens (tertiary/aromatic N) is 1. The van der Waals surface area contributed by atoms with Crippen molar-refractivity contribution >= 4 is 13.7 Å². The van der Waals surface area contributed by atoms with Crippen LogP contribution in [0.3, 0.4) is 0 Å². The molecular weight excluding hydrogens is 792 g/mol. The maximum absolute atomic E-state index is 12.8. The van der Waals surface area contributed by atoms with Gasteiger partial charge in [-0.3, -0.25) is 13.8 Å². The zero-order valence-corrected chi connectivity index (χ0v) is 40.7. The molecule has 0 aliphatic heterocycles. The lowest BCUT2D eigenvalue weighted by Crippen LogP contribution is -2.45. The van der Waals surface area contributed by atoms with Crippen molar-refractivity contribution in [1.82, 2.24) is 5.32 Å². The summed E-state index contributed by atoms with van der Waals surface area (Å²) in [5, 5.41) is 13.6. The van der Waals surface area contributed by atoms with E-state index < -0.39 is 20.0 Å². The van der Waals surface area contributed by atoms with Crippen molar-refractivity contribution < 1.29 is 32.9 Å². The van der Waals surface area contributed by atoms with Gasteiger partial charge in [0.05, 0.1) is 39.9 Å². The third-order valence-corrected chi connectivity index (χ3v) is 10.7. The maximum Gasteiger partial charge on any atom is 0.472 e. The minimum Gasteiger partial charge on any atom is -0.387 e. The number of quaternary nitrogens is 1. The SMILES string of the molecule is CC/C=C\C/C=C\C/C=C\C/C=C\C/C=C\C/C=C\C/C=C\C/C=C\C/C=C\CCCCCCCCCC(=O)NC(COP(=O)(O)OCC[N+](C)(C)C)C(O)/C=C/CCCCC. The molecule has 0 bridgehead atoms. The molecule has 0 fully saturated rings. The molecular formula is C53H90N2O6P+. The first-order chi connectivity index (χ1) is 30.0. The molecule has 0 rings (SSSR count). The van der Waals surface area contributed by atoms with Gasteiger partial charge in [0.15, 0.2) is 0 Å². The van der Waals surface area contributed by atoms with Crippen LogP contribution in [0.4, 0.5) is 0 Å². The predicted molar refractivity (Wildman–Crippen MR) is 267 cm³/mol. The molecule has 352 valence electrons. The number of phosphoric acid groups is 1. The monoisotopic (exact) mass is 882 g/mol. The van der Waals surface area contributed by atoms with Crippen LogP contribution in [0.2, 0.25) is 0 Å². The molecule has 8 nitrogen and oxygen atoms in total. The van der Waals surface area contributed by atoms with Gasteiger partial charge in [-0.15, -0.1) is 0 Å². The van der Waals surface area contributed by atoms with Gasteiger partial charge < -0.3 is 19.8 Å². The highest BCUT2D eigenvalue weighted by molar-refractivity contribution is 7.47. The third-order valence-electron chi connectivity index (χ3n) is 9.69. The van der Waals surface area contributed by atoms with E-state index in [4.69, 9.17) is 9.05 Å². The number of carbonyl (C=O) groups excluding carboxylic acids is 1. The summed E-state index contributed by atoms with van der Waals surface area (Å²) in [5.74, 6) is -0.203. The van der Waals surface area contributed by atoms with E-state index in [0.717, 1.165) is 116 Å². The summed E-state index contributed by atoms with van der Waals surface area (Å²) in [7, 11) is 1.54. The Bertz CT molecular complexity index is 1410. The molecule has 9 heteroatoms. The standard InChI is InChI=1S/C53H89N2O6P/c1-6-8-10-12-13-14-15-16-17-18-19-20-21-22-23-24-25-26-27-28-29-30-31-32-33-34-35-36-37-38-39-40-41-43-45-47-53(57)54-51(52(56)46-44-42-11-9-7-2)50-61-62(58,59)60-49-48-55(3,4)5/h8,10,13-14,16-17,19-20,22-23,25-26,28-29,31-32,34-35,44,46,51-52,56H,6-7,9,11-12,15,18,21,24,27,30,33,36-43,45,47-50H2,1-5H3,(H-,54,57,58,59)/p+1/b10-8-,14-13-,17-16-,20-19-,23-22-,26-25-,29-28-,32-31-,35-34-,46-44+. The average molecular weight is 882 g/mol. The molecule has 3 atom stereocenters. The largest absolute Gasteiger partial charge is 0.472 e. The average Bonchev–Trinajstić information content (AvgIpc) is 3.23. The number of unbranched alkanes of at least 4 members (excludes halogenated alkanes) is 10. The molecule has 0 heterocycles. The van der Waals surface area contributed by atoms with E-state index in [-0.39, 0.29) is 19.1 Å². The zero-order valence-electron chi connectivity index (χ0n) is 39.8. The highest BCUT2D eigenvalue weighted by Gasteiger charge is 2.27. The molecule has 0 saturated carbocycles. The Morgan fingerprint density at radius 1 is 0.565 bits per heavy atom. The van der Waals surface area contributed by atoms with Crippen molar-refractivity contribution in [2.24, 2.45) is 0 Å². The molecule has 0 aromatic heterocycles. The normalized spacial score (nSPS) is 15.3. The molecule has 1 amide bonds. The summed E-state index contributed by atoms with van der Waals surface area (Å²) in [5.41, 5.74) is 0. The van der Waals surface area contributed by atoms with Crippen LogP contribution in [-0.2, 0) is 18.4 Å². The van der Waals surface area contributed by atoms with Crippen molar-refractivity contribution in [2.45, 2.75) is 167 Å². The lowest BCUT2D eigenvalue weighted by atomic mass is 10.1. The summed E-state index contributed by atoms with van der Waals surface area (Å²) in [6.07, 6.45) is 64.7. The summed E-state index contributed by atoms with van der Waals surface area (Å²) < 4.78 is 23.3. The number of hydrogen-bond donors (Lipinski definition) is 3. The van der Waals surface area contributed by atoms with Gasteiger partial charge in [0.2, 0.25) is 5.91 Å². The molecule has 0 aromatic carbocycles. The number of rotatable bonds is 41. The minimum atomic E-state index is -4.33. The van der Waals surface area contributed by atoms with Crippen molar-refractivity contribution in [3.63, 3.8) is 0 Å². The molecule has 0 radical (unpaired) electrons. The number of aliphatic hydroxyl groups is 1. The lowest BCUT2D eigenvalue weighted by molar-refractivity contribution is -0.870. The molecule has 62 heavy (non-hydrogen) atoms. The number of nitrogens with one attached hydrogen (secondary N) is 1. The Morgan fingerprint density at radius 2 is 0.968 bits per heavy atom. The first-order valence-electron chi connectivity index (χ1n) is 23.9. The van der Waals surface area contributed by atoms with E-state index in [9.17, 15) is 19.4 Å². The van der Waals surface area contributed by atoms with Crippen molar-refractivity contribution in [2.75, 3.05) is 40.9 Å². The van der Waals surface area contributed by atoms with Gasteiger partial charge in [-0.05, 0) is 89.9 Å². The second kappa shape index (κ2) is 43.2. The molecule has 0 aliphatic carbocycles. The predicted octanol–water partition coefficient (Wildman–Crippen LogP) is 13.9. The van der Waals surface area contributed by atoms with Crippen LogP contribution in [0.5, 0.6) is 0 Å². The Hall–Kier alpha value is -3.10. The van der Waals surface area contributed by atoms with Gasteiger partial charge >= 0.3 is 7.82 Å². The Kier molecular flexibility index (Phi) is 41.0. The van der Waals surface area contributed by atoms with Crippen molar-refractivity contribution in [3.8, 4) is 0 Å². The van der Waals surface area contributed by atoms with E-state index in [2.05, 4.69) is 129 Å². The quantitative estimate of drug-likeness (QED) is 0.0244. The van der Waals surface area contributed by atoms with Crippen LogP contribution in [0.15, 0.2) is 122 Å². The summed E-state index contributed by atoms with van der Waals surface area (Å²) in [6, 6.07) is -0.857. The van der Waals surface area contributed by atoms with Gasteiger partial charge in [0.1, 0.15) is 13.2 Å². The minimum absolute atomic E-state index is 0.0514. The van der Waals surface area contributed by atoms with E-state index in [1.807, 2.05) is 27.2 Å². The Morgan fingerprint density at radius 3 is 1.42 bits per heavy atom. The number of phosphoric ester groups is 1. The van der Waals surface area contributed by atoms with Gasteiger partial charge in [-0.2, -0.15) is 0 Å². The molecule has 3 unspecified atom stereocenters. The van der Waals surface area contributed by atoms with E-state index in [1.165, 1.54) is 19.3 Å². The fraction of sp³-hybridized carbons (Fsp3) is 0.604. The molecule has 0 spiro atoms. The number of amides is 1. The molecule has 0 aliphatic rings. The fourth-order valence-corrected chi connectivity index (χ4v) is 6.65. The maximum atomic E-state index is 12.8. The van der Waals surface area contributed by atoms with E-state index in [1.54, 1.807) is 6.08 Å². The molecule has 0 saturated heterocycles. The van der Waals surface area contributed by atoms with Crippen LogP contribution in [0.1, 0.15) is 155 Å². The van der Waals surface area contributed by atoms with Crippen LogP contribution in [0.25, 0.3) is 0 Å². The van der Waals surface area contributed by atoms with Gasteiger partial charge in [0.25, 0.3) is 0 Å². The van der Waals surface area contributed by atoms with Gasteiger partial charge in [-0.25, -0.2) is 4.57 Å². The number of allylic oxidation sites excluding steroid dienone is 19. The Labute approximate surface area is 380 Å². The summed E-state index contributed by atoms with van der Waals surface area (Å²) in [4.78, 5) is 22.9. The number of carbonyl (C=O) groups is 1. The fourth-order valence-electron chi connectivity index (χ4n) is 5.91. The smallest absolute Gasteiger partial charge is 0.387 e. The van der Waals surface area contributed by atoms with Crippen molar-refractivity contribution in [1.29, 1.82) is 0 Å². The van der Waals surface area contributed by atoms with E-state index in [0.29, 0.717) is 17.4 Å². The van der Waals surface area contributed by atoms with Crippen molar-refractivity contribution in [3.05, 3.63) is 122 Å². The Balaban J connectivity index is 4.03. The zero-order chi connectivity index (χ0) is 45.7. The number of likely N-dealkylation sites (N-methyl/N-ethyl adjacent to an activating group) is 1. The third kappa shape index (κ3) is 44.9. The van der Waals surface area contributed by atoms with Gasteiger partial charge in [-0.1, -0.05) is 180 Å². The van der Waals surface area contributed by atoms with Crippen LogP contribution in [-0.4, -0.2) is 73.4 Å². The van der Waals surface area contributed by atoms with Gasteiger partial charge in [0, 0.05) is 6.42 Å².